The van der Waals surface area contributed by atoms with Crippen LogP contribution < -0.4 is 10.6 Å². The molecule has 0 atom stereocenters. The Morgan fingerprint density at radius 1 is 1.12 bits per heavy atom. The number of rotatable bonds is 7. The SMILES string of the molecule is CCCN(CCC)C(=O)c1csc(NC(=O)Nc2ccc(Cl)cc2)n1. The molecule has 0 aliphatic rings. The zero-order chi connectivity index (χ0) is 18.2. The van der Waals surface area contributed by atoms with Crippen LogP contribution in [0.2, 0.25) is 5.02 Å². The first-order chi connectivity index (χ1) is 12.0. The van der Waals surface area contributed by atoms with E-state index in [1.165, 1.54) is 11.3 Å². The zero-order valence-electron chi connectivity index (χ0n) is 14.2. The summed E-state index contributed by atoms with van der Waals surface area (Å²) in [6.45, 7) is 5.46. The van der Waals surface area contributed by atoms with Crippen molar-refractivity contribution in [1.82, 2.24) is 9.88 Å². The standard InChI is InChI=1S/C17H21ClN4O2S/c1-3-9-22(10-4-2)15(23)14-11-25-17(20-14)21-16(24)19-13-7-5-12(18)6-8-13/h5-8,11H,3-4,9-10H2,1-2H3,(H2,19,20,21,24). The van der Waals surface area contributed by atoms with Crippen molar-refractivity contribution in [3.05, 3.63) is 40.4 Å². The molecule has 3 amide bonds. The minimum atomic E-state index is -0.422. The molecule has 0 bridgehead atoms. The predicted molar refractivity (Wildman–Crippen MR) is 103 cm³/mol. The van der Waals surface area contributed by atoms with Crippen LogP contribution in [0.5, 0.6) is 0 Å². The van der Waals surface area contributed by atoms with E-state index in [4.69, 9.17) is 11.6 Å². The maximum atomic E-state index is 12.5. The van der Waals surface area contributed by atoms with E-state index in [9.17, 15) is 9.59 Å². The third kappa shape index (κ3) is 5.72. The van der Waals surface area contributed by atoms with Gasteiger partial charge < -0.3 is 10.2 Å². The van der Waals surface area contributed by atoms with Crippen LogP contribution in [0.25, 0.3) is 0 Å². The van der Waals surface area contributed by atoms with E-state index in [1.54, 1.807) is 34.5 Å². The molecule has 2 aromatic rings. The van der Waals surface area contributed by atoms with Crippen LogP contribution in [0.1, 0.15) is 37.2 Å². The van der Waals surface area contributed by atoms with Gasteiger partial charge in [0.1, 0.15) is 5.69 Å². The smallest absolute Gasteiger partial charge is 0.325 e. The quantitative estimate of drug-likeness (QED) is 0.730. The van der Waals surface area contributed by atoms with Crippen molar-refractivity contribution < 1.29 is 9.59 Å². The number of hydrogen-bond donors (Lipinski definition) is 2. The van der Waals surface area contributed by atoms with Gasteiger partial charge in [0.25, 0.3) is 5.91 Å². The van der Waals surface area contributed by atoms with Gasteiger partial charge in [-0.3, -0.25) is 10.1 Å². The highest BCUT2D eigenvalue weighted by Gasteiger charge is 2.18. The topological polar surface area (TPSA) is 74.3 Å². The number of benzene rings is 1. The van der Waals surface area contributed by atoms with Gasteiger partial charge >= 0.3 is 6.03 Å². The van der Waals surface area contributed by atoms with E-state index in [1.807, 2.05) is 13.8 Å². The van der Waals surface area contributed by atoms with Gasteiger partial charge in [-0.05, 0) is 37.1 Å². The van der Waals surface area contributed by atoms with Crippen molar-refractivity contribution in [3.63, 3.8) is 0 Å². The number of aromatic nitrogens is 1. The minimum Gasteiger partial charge on any atom is -0.337 e. The Bertz CT molecular complexity index is 712. The van der Waals surface area contributed by atoms with Crippen molar-refractivity contribution in [2.75, 3.05) is 23.7 Å². The number of thiazole rings is 1. The Labute approximate surface area is 156 Å². The molecule has 1 heterocycles. The van der Waals surface area contributed by atoms with E-state index in [-0.39, 0.29) is 5.91 Å². The molecule has 6 nitrogen and oxygen atoms in total. The van der Waals surface area contributed by atoms with Crippen molar-refractivity contribution >= 4 is 45.7 Å². The third-order valence-electron chi connectivity index (χ3n) is 3.32. The average Bonchev–Trinajstić information content (AvgIpc) is 3.04. The second-order valence-electron chi connectivity index (χ2n) is 5.42. The summed E-state index contributed by atoms with van der Waals surface area (Å²) >= 11 is 7.03. The Morgan fingerprint density at radius 3 is 2.36 bits per heavy atom. The highest BCUT2D eigenvalue weighted by Crippen LogP contribution is 2.18. The van der Waals surface area contributed by atoms with Gasteiger partial charge in [0, 0.05) is 29.2 Å². The molecule has 0 unspecified atom stereocenters. The molecule has 0 fully saturated rings. The van der Waals surface area contributed by atoms with Crippen molar-refractivity contribution in [2.24, 2.45) is 0 Å². The summed E-state index contributed by atoms with van der Waals surface area (Å²) in [5.41, 5.74) is 0.973. The third-order valence-corrected chi connectivity index (χ3v) is 4.33. The van der Waals surface area contributed by atoms with Gasteiger partial charge in [-0.25, -0.2) is 9.78 Å². The molecule has 0 aliphatic heterocycles. The van der Waals surface area contributed by atoms with Crippen LogP contribution in [-0.2, 0) is 0 Å². The molecule has 2 N–H and O–H groups in total. The maximum absolute atomic E-state index is 12.5. The fourth-order valence-electron chi connectivity index (χ4n) is 2.24. The first kappa shape index (κ1) is 19.2. The van der Waals surface area contributed by atoms with E-state index in [2.05, 4.69) is 15.6 Å². The van der Waals surface area contributed by atoms with Crippen LogP contribution in [0.15, 0.2) is 29.6 Å². The molecule has 2 rings (SSSR count). The lowest BCUT2D eigenvalue weighted by atomic mass is 10.3. The van der Waals surface area contributed by atoms with Gasteiger partial charge in [0.2, 0.25) is 0 Å². The fraction of sp³-hybridized carbons (Fsp3) is 0.353. The van der Waals surface area contributed by atoms with Gasteiger partial charge in [-0.2, -0.15) is 0 Å². The van der Waals surface area contributed by atoms with Gasteiger partial charge in [-0.1, -0.05) is 25.4 Å². The van der Waals surface area contributed by atoms with Gasteiger partial charge in [0.15, 0.2) is 5.13 Å². The normalized spacial score (nSPS) is 10.4. The molecular weight excluding hydrogens is 360 g/mol. The lowest BCUT2D eigenvalue weighted by molar-refractivity contribution is 0.0750. The van der Waals surface area contributed by atoms with Crippen LogP contribution >= 0.6 is 22.9 Å². The molecule has 1 aromatic heterocycles. The summed E-state index contributed by atoms with van der Waals surface area (Å²) in [6.07, 6.45) is 1.79. The molecule has 8 heteroatoms. The number of nitrogens with zero attached hydrogens (tertiary/aromatic N) is 2. The summed E-state index contributed by atoms with van der Waals surface area (Å²) in [6, 6.07) is 6.36. The molecule has 25 heavy (non-hydrogen) atoms. The van der Waals surface area contributed by atoms with Crippen molar-refractivity contribution in [1.29, 1.82) is 0 Å². The lowest BCUT2D eigenvalue weighted by Crippen LogP contribution is -2.32. The molecule has 0 saturated carbocycles. The average molecular weight is 381 g/mol. The van der Waals surface area contributed by atoms with Crippen LogP contribution in [-0.4, -0.2) is 34.9 Å². The number of urea groups is 1. The van der Waals surface area contributed by atoms with Crippen LogP contribution in [0, 0.1) is 0 Å². The number of carbonyl (C=O) groups is 2. The van der Waals surface area contributed by atoms with Crippen molar-refractivity contribution in [2.45, 2.75) is 26.7 Å². The largest absolute Gasteiger partial charge is 0.337 e. The van der Waals surface area contributed by atoms with E-state index < -0.39 is 6.03 Å². The van der Waals surface area contributed by atoms with Crippen LogP contribution in [0.4, 0.5) is 15.6 Å². The highest BCUT2D eigenvalue weighted by molar-refractivity contribution is 7.14. The molecule has 1 aromatic carbocycles. The van der Waals surface area contributed by atoms with E-state index >= 15 is 0 Å². The Hall–Kier alpha value is -2.12. The maximum Gasteiger partial charge on any atom is 0.325 e. The number of carbonyl (C=O) groups excluding carboxylic acids is 2. The monoisotopic (exact) mass is 380 g/mol. The number of anilines is 2. The summed E-state index contributed by atoms with van der Waals surface area (Å²) < 4.78 is 0. The minimum absolute atomic E-state index is 0.105. The number of hydrogen-bond acceptors (Lipinski definition) is 4. The van der Waals surface area contributed by atoms with E-state index in [0.717, 1.165) is 12.8 Å². The predicted octanol–water partition coefficient (Wildman–Crippen LogP) is 4.70. The van der Waals surface area contributed by atoms with Crippen LogP contribution in [0.3, 0.4) is 0 Å². The van der Waals surface area contributed by atoms with Gasteiger partial charge in [-0.15, -0.1) is 11.3 Å². The second-order valence-corrected chi connectivity index (χ2v) is 6.71. The molecule has 0 spiro atoms. The molecule has 134 valence electrons. The first-order valence-corrected chi connectivity index (χ1v) is 9.37. The lowest BCUT2D eigenvalue weighted by Gasteiger charge is -2.20. The number of nitrogens with one attached hydrogen (secondary N) is 2. The summed E-state index contributed by atoms with van der Waals surface area (Å²) in [5.74, 6) is -0.105. The Morgan fingerprint density at radius 2 is 1.76 bits per heavy atom. The Balaban J connectivity index is 1.96. The number of amides is 3. The summed E-state index contributed by atoms with van der Waals surface area (Å²) in [5, 5.41) is 7.96. The Kier molecular flexibility index (Phi) is 7.21. The number of halogens is 1. The second kappa shape index (κ2) is 9.39. The molecule has 0 radical (unpaired) electrons. The molecule has 0 saturated heterocycles. The summed E-state index contributed by atoms with van der Waals surface area (Å²) in [7, 11) is 0. The molecule has 0 aliphatic carbocycles. The first-order valence-electron chi connectivity index (χ1n) is 8.11. The van der Waals surface area contributed by atoms with Crippen molar-refractivity contribution in [3.8, 4) is 0 Å². The molecular formula is C17H21ClN4O2S. The summed E-state index contributed by atoms with van der Waals surface area (Å²) in [4.78, 5) is 30.5. The highest BCUT2D eigenvalue weighted by atomic mass is 35.5. The van der Waals surface area contributed by atoms with Gasteiger partial charge in [0.05, 0.1) is 0 Å². The zero-order valence-corrected chi connectivity index (χ0v) is 15.8. The van der Waals surface area contributed by atoms with E-state index in [0.29, 0.717) is 34.6 Å². The fourth-order valence-corrected chi connectivity index (χ4v) is 3.04.